The minimum atomic E-state index is -0.314. The summed E-state index contributed by atoms with van der Waals surface area (Å²) in [5.74, 6) is -0.474. The van der Waals surface area contributed by atoms with Gasteiger partial charge in [0.25, 0.3) is 0 Å². The average molecular weight is 225 g/mol. The quantitative estimate of drug-likeness (QED) is 0.792. The monoisotopic (exact) mass is 225 g/mol. The number of aliphatic hydroxyl groups is 1. The number of halogens is 1. The largest absolute Gasteiger partial charge is 0.394 e. The molecule has 0 saturated heterocycles. The van der Waals surface area contributed by atoms with Crippen LogP contribution in [0.15, 0.2) is 24.3 Å². The molecule has 0 aliphatic heterocycles. The molecule has 0 saturated carbocycles. The van der Waals surface area contributed by atoms with Gasteiger partial charge in [0.15, 0.2) is 0 Å². The van der Waals surface area contributed by atoms with Gasteiger partial charge in [0, 0.05) is 0 Å². The van der Waals surface area contributed by atoms with Crippen molar-refractivity contribution in [3.8, 4) is 0 Å². The van der Waals surface area contributed by atoms with Crippen LogP contribution in [0.1, 0.15) is 18.9 Å². The summed E-state index contributed by atoms with van der Waals surface area (Å²) in [5.41, 5.74) is 0.756. The molecule has 1 amide bonds. The standard InChI is InChI=1S/C12H16FNO2/c1-2-11(8-15)14-12(16)7-9-3-5-10(13)6-4-9/h3-6,11,15H,2,7-8H2,1H3,(H,14,16)/t11-/m1/s1. The van der Waals surface area contributed by atoms with Crippen molar-refractivity contribution in [3.05, 3.63) is 35.6 Å². The number of rotatable bonds is 5. The second kappa shape index (κ2) is 6.23. The minimum Gasteiger partial charge on any atom is -0.394 e. The Labute approximate surface area is 94.3 Å². The van der Waals surface area contributed by atoms with Crippen LogP contribution in [0.2, 0.25) is 0 Å². The van der Waals surface area contributed by atoms with Gasteiger partial charge in [-0.05, 0) is 24.1 Å². The lowest BCUT2D eigenvalue weighted by Gasteiger charge is -2.13. The van der Waals surface area contributed by atoms with Crippen molar-refractivity contribution in [2.75, 3.05) is 6.61 Å². The fourth-order valence-corrected chi connectivity index (χ4v) is 1.34. The zero-order valence-electron chi connectivity index (χ0n) is 9.24. The zero-order valence-corrected chi connectivity index (χ0v) is 9.24. The summed E-state index contributed by atoms with van der Waals surface area (Å²) in [7, 11) is 0. The van der Waals surface area contributed by atoms with Crippen molar-refractivity contribution >= 4 is 5.91 Å². The van der Waals surface area contributed by atoms with Gasteiger partial charge in [0.1, 0.15) is 5.82 Å². The lowest BCUT2D eigenvalue weighted by molar-refractivity contribution is -0.121. The molecule has 1 aromatic carbocycles. The molecule has 0 aliphatic carbocycles. The first-order valence-electron chi connectivity index (χ1n) is 5.30. The van der Waals surface area contributed by atoms with E-state index < -0.39 is 0 Å². The number of carbonyl (C=O) groups excluding carboxylic acids is 1. The molecule has 0 aromatic heterocycles. The molecule has 0 unspecified atom stereocenters. The van der Waals surface area contributed by atoms with Crippen LogP contribution < -0.4 is 5.32 Å². The lowest BCUT2D eigenvalue weighted by Crippen LogP contribution is -2.37. The summed E-state index contributed by atoms with van der Waals surface area (Å²) in [6.07, 6.45) is 0.891. The third-order valence-corrected chi connectivity index (χ3v) is 2.36. The molecule has 0 radical (unpaired) electrons. The summed E-state index contributed by atoms with van der Waals surface area (Å²) in [4.78, 5) is 11.5. The van der Waals surface area contributed by atoms with Gasteiger partial charge in [-0.15, -0.1) is 0 Å². The maximum absolute atomic E-state index is 12.6. The van der Waals surface area contributed by atoms with E-state index in [0.29, 0.717) is 6.42 Å². The number of nitrogens with one attached hydrogen (secondary N) is 1. The zero-order chi connectivity index (χ0) is 12.0. The molecule has 3 nitrogen and oxygen atoms in total. The molecule has 1 atom stereocenters. The molecule has 16 heavy (non-hydrogen) atoms. The van der Waals surface area contributed by atoms with E-state index >= 15 is 0 Å². The Bertz CT molecular complexity index is 333. The fraction of sp³-hybridized carbons (Fsp3) is 0.417. The summed E-state index contributed by atoms with van der Waals surface area (Å²) < 4.78 is 12.6. The fourth-order valence-electron chi connectivity index (χ4n) is 1.34. The Morgan fingerprint density at radius 2 is 2.06 bits per heavy atom. The lowest BCUT2D eigenvalue weighted by atomic mass is 10.1. The molecule has 1 aromatic rings. The van der Waals surface area contributed by atoms with Crippen LogP contribution in [-0.2, 0) is 11.2 Å². The SMILES string of the molecule is CC[C@H](CO)NC(=O)Cc1ccc(F)cc1. The van der Waals surface area contributed by atoms with Crippen molar-refractivity contribution in [3.63, 3.8) is 0 Å². The first-order valence-corrected chi connectivity index (χ1v) is 5.30. The van der Waals surface area contributed by atoms with Crippen molar-refractivity contribution in [1.82, 2.24) is 5.32 Å². The van der Waals surface area contributed by atoms with Crippen LogP contribution in [0.25, 0.3) is 0 Å². The second-order valence-electron chi connectivity index (χ2n) is 3.66. The number of benzene rings is 1. The molecule has 0 aliphatic rings. The smallest absolute Gasteiger partial charge is 0.224 e. The van der Waals surface area contributed by atoms with Gasteiger partial charge in [-0.1, -0.05) is 19.1 Å². The molecular weight excluding hydrogens is 209 g/mol. The highest BCUT2D eigenvalue weighted by Gasteiger charge is 2.09. The number of carbonyl (C=O) groups is 1. The summed E-state index contributed by atoms with van der Waals surface area (Å²) in [5, 5.41) is 11.6. The maximum atomic E-state index is 12.6. The third-order valence-electron chi connectivity index (χ3n) is 2.36. The molecule has 1 rings (SSSR count). The van der Waals surface area contributed by atoms with Crippen LogP contribution in [0.3, 0.4) is 0 Å². The van der Waals surface area contributed by atoms with E-state index in [9.17, 15) is 9.18 Å². The Morgan fingerprint density at radius 3 is 2.56 bits per heavy atom. The summed E-state index contributed by atoms with van der Waals surface area (Å²) in [6.45, 7) is 1.82. The molecule has 0 heterocycles. The van der Waals surface area contributed by atoms with Crippen LogP contribution in [0.4, 0.5) is 4.39 Å². The molecule has 0 fully saturated rings. The maximum Gasteiger partial charge on any atom is 0.224 e. The van der Waals surface area contributed by atoms with Crippen molar-refractivity contribution < 1.29 is 14.3 Å². The highest BCUT2D eigenvalue weighted by Crippen LogP contribution is 2.03. The number of hydrogen-bond donors (Lipinski definition) is 2. The van der Waals surface area contributed by atoms with E-state index in [-0.39, 0.29) is 30.8 Å². The van der Waals surface area contributed by atoms with E-state index in [1.165, 1.54) is 12.1 Å². The van der Waals surface area contributed by atoms with Crippen LogP contribution in [0.5, 0.6) is 0 Å². The Hall–Kier alpha value is -1.42. The van der Waals surface area contributed by atoms with Gasteiger partial charge in [-0.3, -0.25) is 4.79 Å². The van der Waals surface area contributed by atoms with Crippen molar-refractivity contribution in [2.24, 2.45) is 0 Å². The number of hydrogen-bond acceptors (Lipinski definition) is 2. The van der Waals surface area contributed by atoms with Crippen LogP contribution in [0, 0.1) is 5.82 Å². The molecule has 4 heteroatoms. The van der Waals surface area contributed by atoms with Crippen molar-refractivity contribution in [2.45, 2.75) is 25.8 Å². The van der Waals surface area contributed by atoms with Crippen molar-refractivity contribution in [1.29, 1.82) is 0 Å². The van der Waals surface area contributed by atoms with E-state index in [2.05, 4.69) is 5.32 Å². The molecule has 2 N–H and O–H groups in total. The third kappa shape index (κ3) is 3.98. The van der Waals surface area contributed by atoms with Gasteiger partial charge in [0.05, 0.1) is 19.1 Å². The van der Waals surface area contributed by atoms with Gasteiger partial charge < -0.3 is 10.4 Å². The molecule has 0 bridgehead atoms. The number of aliphatic hydroxyl groups excluding tert-OH is 1. The average Bonchev–Trinajstić information content (AvgIpc) is 2.29. The molecule has 88 valence electrons. The Kier molecular flexibility index (Phi) is 4.92. The predicted octanol–water partition coefficient (Wildman–Crippen LogP) is 1.26. The predicted molar refractivity (Wildman–Crippen MR) is 59.4 cm³/mol. The van der Waals surface area contributed by atoms with Crippen LogP contribution in [-0.4, -0.2) is 23.7 Å². The topological polar surface area (TPSA) is 49.3 Å². The van der Waals surface area contributed by atoms with E-state index in [1.54, 1.807) is 12.1 Å². The normalized spacial score (nSPS) is 12.2. The molecular formula is C12H16FNO2. The first-order chi connectivity index (χ1) is 7.65. The van der Waals surface area contributed by atoms with Gasteiger partial charge >= 0.3 is 0 Å². The van der Waals surface area contributed by atoms with Gasteiger partial charge in [0.2, 0.25) is 5.91 Å². The summed E-state index contributed by atoms with van der Waals surface area (Å²) in [6, 6.07) is 5.61. The van der Waals surface area contributed by atoms with E-state index in [1.807, 2.05) is 6.92 Å². The highest BCUT2D eigenvalue weighted by atomic mass is 19.1. The molecule has 0 spiro atoms. The van der Waals surface area contributed by atoms with Gasteiger partial charge in [-0.2, -0.15) is 0 Å². The first kappa shape index (κ1) is 12.6. The van der Waals surface area contributed by atoms with E-state index in [4.69, 9.17) is 5.11 Å². The minimum absolute atomic E-state index is 0.0638. The second-order valence-corrected chi connectivity index (χ2v) is 3.66. The van der Waals surface area contributed by atoms with Gasteiger partial charge in [-0.25, -0.2) is 4.39 Å². The highest BCUT2D eigenvalue weighted by molar-refractivity contribution is 5.78. The summed E-state index contributed by atoms with van der Waals surface area (Å²) >= 11 is 0. The number of amides is 1. The van der Waals surface area contributed by atoms with E-state index in [0.717, 1.165) is 5.56 Å². The van der Waals surface area contributed by atoms with Crippen LogP contribution >= 0.6 is 0 Å². The Balaban J connectivity index is 2.48. The Morgan fingerprint density at radius 1 is 1.44 bits per heavy atom.